The highest BCUT2D eigenvalue weighted by atomic mass is 16.3. The third-order valence-electron chi connectivity index (χ3n) is 3.62. The fourth-order valence-electron chi connectivity index (χ4n) is 2.51. The summed E-state index contributed by atoms with van der Waals surface area (Å²) >= 11 is 0. The van der Waals surface area contributed by atoms with Crippen LogP contribution in [-0.2, 0) is 0 Å². The van der Waals surface area contributed by atoms with E-state index in [4.69, 9.17) is 5.73 Å². The molecule has 1 heterocycles. The number of benzene rings is 1. The second-order valence-electron chi connectivity index (χ2n) is 4.54. The lowest BCUT2D eigenvalue weighted by molar-refractivity contribution is 0.115. The molecule has 1 saturated heterocycles. The summed E-state index contributed by atoms with van der Waals surface area (Å²) in [6.07, 6.45) is 1.02. The molecule has 3 N–H and O–H groups in total. The topological polar surface area (TPSA) is 49.5 Å². The standard InChI is InChI=1S/C13H20N2O/c1-10-12(14)7-8-15(10)13(9-16)11-5-3-2-4-6-11/h2-6,10,12-13,16H,7-9,14H2,1H3/t10?,12-,13-/m1/s1. The van der Waals surface area contributed by atoms with E-state index < -0.39 is 0 Å². The predicted molar refractivity (Wildman–Crippen MR) is 65.0 cm³/mol. The summed E-state index contributed by atoms with van der Waals surface area (Å²) in [6.45, 7) is 3.27. The molecule has 16 heavy (non-hydrogen) atoms. The van der Waals surface area contributed by atoms with E-state index >= 15 is 0 Å². The zero-order valence-electron chi connectivity index (χ0n) is 9.71. The second-order valence-corrected chi connectivity index (χ2v) is 4.54. The lowest BCUT2D eigenvalue weighted by Crippen LogP contribution is -2.40. The molecule has 0 spiro atoms. The van der Waals surface area contributed by atoms with Gasteiger partial charge in [-0.05, 0) is 18.9 Å². The summed E-state index contributed by atoms with van der Waals surface area (Å²) in [4.78, 5) is 2.31. The van der Waals surface area contributed by atoms with Crippen LogP contribution in [0.3, 0.4) is 0 Å². The maximum Gasteiger partial charge on any atom is 0.0628 e. The van der Waals surface area contributed by atoms with E-state index in [0.717, 1.165) is 13.0 Å². The van der Waals surface area contributed by atoms with Crippen molar-refractivity contribution in [3.8, 4) is 0 Å². The highest BCUT2D eigenvalue weighted by Crippen LogP contribution is 2.28. The zero-order valence-corrected chi connectivity index (χ0v) is 9.71. The Hall–Kier alpha value is -0.900. The molecule has 1 unspecified atom stereocenters. The van der Waals surface area contributed by atoms with Crippen molar-refractivity contribution in [1.29, 1.82) is 0 Å². The maximum absolute atomic E-state index is 9.56. The highest BCUT2D eigenvalue weighted by molar-refractivity contribution is 5.20. The molecule has 1 aliphatic heterocycles. The first kappa shape index (κ1) is 11.6. The average molecular weight is 220 g/mol. The predicted octanol–water partition coefficient (Wildman–Crippen LogP) is 1.14. The summed E-state index contributed by atoms with van der Waals surface area (Å²) in [6, 6.07) is 10.8. The van der Waals surface area contributed by atoms with Gasteiger partial charge >= 0.3 is 0 Å². The van der Waals surface area contributed by atoms with Crippen LogP contribution < -0.4 is 5.73 Å². The number of aliphatic hydroxyl groups excluding tert-OH is 1. The van der Waals surface area contributed by atoms with Crippen molar-refractivity contribution >= 4 is 0 Å². The molecule has 1 aromatic carbocycles. The molecule has 1 aliphatic rings. The molecule has 88 valence electrons. The monoisotopic (exact) mass is 220 g/mol. The molecule has 0 amide bonds. The SMILES string of the molecule is CC1[C@H](N)CCN1[C@H](CO)c1ccccc1. The van der Waals surface area contributed by atoms with Crippen LogP contribution in [0.2, 0.25) is 0 Å². The highest BCUT2D eigenvalue weighted by Gasteiger charge is 2.33. The first-order chi connectivity index (χ1) is 7.74. The number of hydrogen-bond donors (Lipinski definition) is 2. The van der Waals surface area contributed by atoms with Gasteiger partial charge in [0.15, 0.2) is 0 Å². The Morgan fingerprint density at radius 1 is 1.44 bits per heavy atom. The van der Waals surface area contributed by atoms with Crippen LogP contribution in [0, 0.1) is 0 Å². The first-order valence-corrected chi connectivity index (χ1v) is 5.91. The molecule has 0 aromatic heterocycles. The van der Waals surface area contributed by atoms with Gasteiger partial charge in [0.05, 0.1) is 12.6 Å². The van der Waals surface area contributed by atoms with Crippen LogP contribution >= 0.6 is 0 Å². The number of rotatable bonds is 3. The minimum Gasteiger partial charge on any atom is -0.394 e. The van der Waals surface area contributed by atoms with E-state index in [1.165, 1.54) is 5.56 Å². The molecule has 0 radical (unpaired) electrons. The third-order valence-corrected chi connectivity index (χ3v) is 3.62. The van der Waals surface area contributed by atoms with Gasteiger partial charge in [-0.2, -0.15) is 0 Å². The van der Waals surface area contributed by atoms with Crippen LogP contribution in [0.5, 0.6) is 0 Å². The van der Waals surface area contributed by atoms with Gasteiger partial charge in [-0.1, -0.05) is 30.3 Å². The van der Waals surface area contributed by atoms with Crippen molar-refractivity contribution < 1.29 is 5.11 Å². The Morgan fingerprint density at radius 2 is 2.12 bits per heavy atom. The van der Waals surface area contributed by atoms with Gasteiger partial charge in [-0.15, -0.1) is 0 Å². The van der Waals surface area contributed by atoms with Gasteiger partial charge in [0, 0.05) is 18.6 Å². The smallest absolute Gasteiger partial charge is 0.0628 e. The normalized spacial score (nSPS) is 28.2. The number of nitrogens with zero attached hydrogens (tertiary/aromatic N) is 1. The van der Waals surface area contributed by atoms with E-state index in [-0.39, 0.29) is 18.7 Å². The van der Waals surface area contributed by atoms with E-state index in [1.807, 2.05) is 18.2 Å². The summed E-state index contributed by atoms with van der Waals surface area (Å²) in [5.41, 5.74) is 7.19. The fourth-order valence-corrected chi connectivity index (χ4v) is 2.51. The molecular formula is C13H20N2O. The number of hydrogen-bond acceptors (Lipinski definition) is 3. The average Bonchev–Trinajstić information content (AvgIpc) is 2.64. The van der Waals surface area contributed by atoms with Crippen molar-refractivity contribution in [2.75, 3.05) is 13.2 Å². The van der Waals surface area contributed by atoms with Crippen molar-refractivity contribution in [3.63, 3.8) is 0 Å². The summed E-state index contributed by atoms with van der Waals surface area (Å²) in [5, 5.41) is 9.56. The number of aliphatic hydroxyl groups is 1. The lowest BCUT2D eigenvalue weighted by Gasteiger charge is -2.31. The van der Waals surface area contributed by atoms with E-state index in [0.29, 0.717) is 6.04 Å². The van der Waals surface area contributed by atoms with Gasteiger partial charge in [-0.3, -0.25) is 4.90 Å². The van der Waals surface area contributed by atoms with E-state index in [9.17, 15) is 5.11 Å². The molecule has 2 rings (SSSR count). The van der Waals surface area contributed by atoms with Crippen LogP contribution in [0.25, 0.3) is 0 Å². The number of likely N-dealkylation sites (tertiary alicyclic amines) is 1. The lowest BCUT2D eigenvalue weighted by atomic mass is 10.0. The third kappa shape index (κ3) is 2.12. The molecular weight excluding hydrogens is 200 g/mol. The minimum absolute atomic E-state index is 0.0877. The van der Waals surface area contributed by atoms with E-state index in [2.05, 4.69) is 24.0 Å². The molecule has 3 heteroatoms. The fraction of sp³-hybridized carbons (Fsp3) is 0.538. The summed E-state index contributed by atoms with van der Waals surface area (Å²) in [7, 11) is 0. The van der Waals surface area contributed by atoms with Gasteiger partial charge in [0.1, 0.15) is 0 Å². The summed E-state index contributed by atoms with van der Waals surface area (Å²) in [5.74, 6) is 0. The van der Waals surface area contributed by atoms with Gasteiger partial charge in [-0.25, -0.2) is 0 Å². The van der Waals surface area contributed by atoms with Gasteiger partial charge in [0.25, 0.3) is 0 Å². The van der Waals surface area contributed by atoms with Crippen LogP contribution in [0.15, 0.2) is 30.3 Å². The molecule has 3 nitrogen and oxygen atoms in total. The van der Waals surface area contributed by atoms with Crippen molar-refractivity contribution in [2.24, 2.45) is 5.73 Å². The Morgan fingerprint density at radius 3 is 2.62 bits per heavy atom. The van der Waals surface area contributed by atoms with Crippen molar-refractivity contribution in [1.82, 2.24) is 4.90 Å². The first-order valence-electron chi connectivity index (χ1n) is 5.91. The Balaban J connectivity index is 2.17. The Bertz CT molecular complexity index is 328. The minimum atomic E-state index is 0.0877. The van der Waals surface area contributed by atoms with Gasteiger partial charge in [0.2, 0.25) is 0 Å². The quantitative estimate of drug-likeness (QED) is 0.803. The Kier molecular flexibility index (Phi) is 3.59. The molecule has 1 fully saturated rings. The summed E-state index contributed by atoms with van der Waals surface area (Å²) < 4.78 is 0. The van der Waals surface area contributed by atoms with Crippen molar-refractivity contribution in [2.45, 2.75) is 31.5 Å². The zero-order chi connectivity index (χ0) is 11.5. The van der Waals surface area contributed by atoms with Gasteiger partial charge < -0.3 is 10.8 Å². The molecule has 0 aliphatic carbocycles. The van der Waals surface area contributed by atoms with Crippen LogP contribution in [0.4, 0.5) is 0 Å². The largest absolute Gasteiger partial charge is 0.394 e. The van der Waals surface area contributed by atoms with Crippen LogP contribution in [0.1, 0.15) is 24.9 Å². The van der Waals surface area contributed by atoms with Crippen molar-refractivity contribution in [3.05, 3.63) is 35.9 Å². The van der Waals surface area contributed by atoms with E-state index in [1.54, 1.807) is 0 Å². The van der Waals surface area contributed by atoms with Crippen LogP contribution in [-0.4, -0.2) is 35.2 Å². The molecule has 3 atom stereocenters. The number of nitrogens with two attached hydrogens (primary N) is 1. The maximum atomic E-state index is 9.56. The molecule has 0 saturated carbocycles. The molecule has 0 bridgehead atoms. The Labute approximate surface area is 96.9 Å². The molecule has 1 aromatic rings. The second kappa shape index (κ2) is 4.95.